The molecule has 2 aromatic rings. The van der Waals surface area contributed by atoms with Crippen LogP contribution in [0, 0.1) is 17.3 Å². The average Bonchev–Trinajstić information content (AvgIpc) is 3.46. The van der Waals surface area contributed by atoms with Crippen molar-refractivity contribution in [3.05, 3.63) is 48.7 Å². The quantitative estimate of drug-likeness (QED) is 0.407. The van der Waals surface area contributed by atoms with Gasteiger partial charge in [0.25, 0.3) is 0 Å². The lowest BCUT2D eigenvalue weighted by Crippen LogP contribution is -2.65. The van der Waals surface area contributed by atoms with E-state index in [9.17, 15) is 9.59 Å². The average molecular weight is 520 g/mol. The zero-order valence-electron chi connectivity index (χ0n) is 22.5. The molecule has 5 fully saturated rings. The summed E-state index contributed by atoms with van der Waals surface area (Å²) in [6.07, 6.45) is 6.82. The maximum atomic E-state index is 13.0. The van der Waals surface area contributed by atoms with E-state index >= 15 is 0 Å². The van der Waals surface area contributed by atoms with Gasteiger partial charge in [-0.05, 0) is 74.0 Å². The Kier molecular flexibility index (Phi) is 6.34. The van der Waals surface area contributed by atoms with Crippen molar-refractivity contribution in [2.45, 2.75) is 76.6 Å². The van der Waals surface area contributed by atoms with Crippen LogP contribution in [0.4, 0.5) is 4.79 Å². The molecule has 5 aliphatic rings. The number of hydrogen-bond acceptors (Lipinski definition) is 6. The number of fused-ring (bicyclic) bond motifs is 1. The van der Waals surface area contributed by atoms with Crippen LogP contribution in [0.15, 0.2) is 47.6 Å². The molecular formula is C29H37BN2O6. The molecule has 1 aromatic heterocycles. The highest BCUT2D eigenvalue weighted by atomic mass is 16.7. The number of rotatable bonds is 8. The molecule has 1 N–H and O–H groups in total. The first-order chi connectivity index (χ1) is 18.2. The molecule has 2 saturated heterocycles. The molecule has 9 heteroatoms. The van der Waals surface area contributed by atoms with Crippen molar-refractivity contribution in [3.63, 3.8) is 0 Å². The summed E-state index contributed by atoms with van der Waals surface area (Å²) in [5.74, 6) is 0.540. The largest absolute Gasteiger partial charge is 0.481 e. The Labute approximate surface area is 224 Å². The van der Waals surface area contributed by atoms with Crippen molar-refractivity contribution in [1.29, 1.82) is 0 Å². The van der Waals surface area contributed by atoms with E-state index in [4.69, 9.17) is 18.5 Å². The minimum Gasteiger partial charge on any atom is -0.464 e. The number of carbonyl (C=O) groups excluding carboxylic acids is 2. The molecule has 0 spiro atoms. The van der Waals surface area contributed by atoms with Gasteiger partial charge < -0.3 is 28.7 Å². The van der Waals surface area contributed by atoms with E-state index in [1.807, 2.05) is 24.3 Å². The number of ether oxygens (including phenoxy) is 1. The van der Waals surface area contributed by atoms with Crippen LogP contribution in [0.3, 0.4) is 0 Å². The third-order valence-electron chi connectivity index (χ3n) is 9.89. The molecule has 3 aliphatic carbocycles. The molecule has 2 aliphatic heterocycles. The Balaban J connectivity index is 1.15. The predicted octanol–water partition coefficient (Wildman–Crippen LogP) is 4.51. The number of benzene rings is 1. The van der Waals surface area contributed by atoms with Crippen molar-refractivity contribution in [2.24, 2.45) is 17.3 Å². The minimum atomic E-state index is -0.562. The van der Waals surface area contributed by atoms with Gasteiger partial charge in [0.15, 0.2) is 0 Å². The van der Waals surface area contributed by atoms with Crippen molar-refractivity contribution in [2.75, 3.05) is 13.2 Å². The monoisotopic (exact) mass is 520 g/mol. The number of hydrogen-bond donors (Lipinski definition) is 1. The van der Waals surface area contributed by atoms with E-state index in [0.29, 0.717) is 31.2 Å². The number of likely N-dealkylation sites (tertiary alicyclic amines) is 1. The lowest BCUT2D eigenvalue weighted by atomic mass is 9.43. The molecule has 3 saturated carbocycles. The third-order valence-corrected chi connectivity index (χ3v) is 9.89. The number of furan rings is 1. The van der Waals surface area contributed by atoms with Gasteiger partial charge in [-0.15, -0.1) is 0 Å². The van der Waals surface area contributed by atoms with Crippen LogP contribution in [-0.2, 0) is 25.3 Å². The van der Waals surface area contributed by atoms with Gasteiger partial charge in [0, 0.05) is 11.9 Å². The first-order valence-corrected chi connectivity index (χ1v) is 13.9. The van der Waals surface area contributed by atoms with Gasteiger partial charge in [0.1, 0.15) is 12.2 Å². The van der Waals surface area contributed by atoms with Crippen LogP contribution in [0.25, 0.3) is 11.0 Å². The summed E-state index contributed by atoms with van der Waals surface area (Å²) in [6.45, 7) is 11.2. The van der Waals surface area contributed by atoms with Crippen LogP contribution in [0.2, 0.25) is 0 Å². The summed E-state index contributed by atoms with van der Waals surface area (Å²) < 4.78 is 24.5. The minimum absolute atomic E-state index is 0.0211. The second-order valence-corrected chi connectivity index (χ2v) is 12.2. The van der Waals surface area contributed by atoms with E-state index in [0.717, 1.165) is 29.4 Å². The molecule has 8 nitrogen and oxygen atoms in total. The smallest absolute Gasteiger partial charge is 0.464 e. The number of alkyl carbamates (subject to hydrolysis) is 1. The second kappa shape index (κ2) is 9.45. The fraction of sp³-hybridized carbons (Fsp3) is 0.586. The maximum Gasteiger partial charge on any atom is 0.481 e. The lowest BCUT2D eigenvalue weighted by molar-refractivity contribution is -0.199. The number of aryl methyl sites for hydroxylation is 1. The fourth-order valence-corrected chi connectivity index (χ4v) is 7.27. The highest BCUT2D eigenvalue weighted by Crippen LogP contribution is 2.65. The van der Waals surface area contributed by atoms with Crippen LogP contribution < -0.4 is 5.32 Å². The second-order valence-electron chi connectivity index (χ2n) is 12.2. The zero-order chi connectivity index (χ0) is 26.7. The standard InChI is InChI=1S/C29H37BN2O6/c1-5-26(33)32-13-12-20(32)17-36-27(34)31-25(11-10-18-16-35-22-9-7-6-8-21(18)22)30-37-24-15-19-14-23(28(19,2)3)29(24,4)38-30/h5-9,16,19-20,23-25H,1,10-15,17H2,2-4H3,(H,31,34)/t19-,20+,23-,24+,25-,29-/m0/s1. The Morgan fingerprint density at radius 2 is 2.11 bits per heavy atom. The number of amides is 2. The fourth-order valence-electron chi connectivity index (χ4n) is 7.27. The van der Waals surface area contributed by atoms with Crippen molar-refractivity contribution in [1.82, 2.24) is 10.2 Å². The molecule has 38 heavy (non-hydrogen) atoms. The van der Waals surface area contributed by atoms with Gasteiger partial charge in [-0.25, -0.2) is 4.79 Å². The van der Waals surface area contributed by atoms with E-state index < -0.39 is 19.2 Å². The molecule has 7 rings (SSSR count). The van der Waals surface area contributed by atoms with E-state index in [-0.39, 0.29) is 35.7 Å². The van der Waals surface area contributed by atoms with E-state index in [1.54, 1.807) is 11.2 Å². The third kappa shape index (κ3) is 4.15. The summed E-state index contributed by atoms with van der Waals surface area (Å²) in [6, 6.07) is 7.84. The first-order valence-electron chi connectivity index (χ1n) is 13.9. The van der Waals surface area contributed by atoms with Crippen LogP contribution >= 0.6 is 0 Å². The Morgan fingerprint density at radius 3 is 2.84 bits per heavy atom. The van der Waals surface area contributed by atoms with Crippen LogP contribution in [0.5, 0.6) is 0 Å². The predicted molar refractivity (Wildman–Crippen MR) is 143 cm³/mol. The molecule has 2 bridgehead atoms. The van der Waals surface area contributed by atoms with Crippen molar-refractivity contribution >= 4 is 30.1 Å². The first kappa shape index (κ1) is 25.5. The number of para-hydroxylation sites is 1. The Morgan fingerprint density at radius 1 is 1.29 bits per heavy atom. The molecular weight excluding hydrogens is 483 g/mol. The summed E-state index contributed by atoms with van der Waals surface area (Å²) in [7, 11) is -0.562. The van der Waals surface area contributed by atoms with Gasteiger partial charge in [0.05, 0.1) is 30.0 Å². The highest BCUT2D eigenvalue weighted by Gasteiger charge is 2.68. The van der Waals surface area contributed by atoms with E-state index in [2.05, 4.69) is 32.7 Å². The topological polar surface area (TPSA) is 90.2 Å². The van der Waals surface area contributed by atoms with Gasteiger partial charge in [-0.3, -0.25) is 4.79 Å². The zero-order valence-corrected chi connectivity index (χ0v) is 22.5. The summed E-state index contributed by atoms with van der Waals surface area (Å²) in [5.41, 5.74) is 1.80. The molecule has 2 amide bonds. The summed E-state index contributed by atoms with van der Waals surface area (Å²) >= 11 is 0. The Hall–Kier alpha value is -2.78. The van der Waals surface area contributed by atoms with Crippen molar-refractivity contribution in [3.8, 4) is 0 Å². The molecule has 3 heterocycles. The number of nitrogens with zero attached hydrogens (tertiary/aromatic N) is 1. The molecule has 1 aromatic carbocycles. The van der Waals surface area contributed by atoms with Crippen molar-refractivity contribution < 1.29 is 28.1 Å². The summed E-state index contributed by atoms with van der Waals surface area (Å²) in [5, 5.41) is 4.11. The van der Waals surface area contributed by atoms with Gasteiger partial charge >= 0.3 is 13.2 Å². The number of carbonyl (C=O) groups is 2. The molecule has 0 unspecified atom stereocenters. The van der Waals surface area contributed by atoms with Gasteiger partial charge in [0.2, 0.25) is 5.91 Å². The maximum absolute atomic E-state index is 13.0. The molecule has 0 radical (unpaired) electrons. The number of nitrogens with one attached hydrogen (secondary N) is 1. The molecule has 6 atom stereocenters. The normalized spacial score (nSPS) is 31.7. The van der Waals surface area contributed by atoms with Crippen LogP contribution in [-0.4, -0.2) is 60.9 Å². The summed E-state index contributed by atoms with van der Waals surface area (Å²) in [4.78, 5) is 26.6. The highest BCUT2D eigenvalue weighted by molar-refractivity contribution is 6.47. The molecule has 202 valence electrons. The lowest BCUT2D eigenvalue weighted by Gasteiger charge is -2.64. The van der Waals surface area contributed by atoms with Gasteiger partial charge in [-0.1, -0.05) is 38.6 Å². The van der Waals surface area contributed by atoms with Gasteiger partial charge in [-0.2, -0.15) is 0 Å². The van der Waals surface area contributed by atoms with E-state index in [1.165, 1.54) is 12.5 Å². The SMILES string of the molecule is C=CC(=O)N1CC[C@@H]1COC(=O)N[C@@H](CCc1coc2ccccc12)B1O[C@@H]2C[C@@H]3C[C@@H](C3(C)C)[C@]2(C)O1. The Bertz CT molecular complexity index is 1240. The van der Waals surface area contributed by atoms with Crippen LogP contribution in [0.1, 0.15) is 52.0 Å².